The third-order valence-corrected chi connectivity index (χ3v) is 3.27. The zero-order chi connectivity index (χ0) is 12.9. The third-order valence-electron chi connectivity index (χ3n) is 3.27. The number of rotatable bonds is 6. The molecule has 1 aliphatic rings. The van der Waals surface area contributed by atoms with E-state index in [4.69, 9.17) is 10.5 Å². The molecule has 1 aliphatic heterocycles. The summed E-state index contributed by atoms with van der Waals surface area (Å²) in [7, 11) is 0. The minimum Gasteiger partial charge on any atom is -0.379 e. The molecule has 3 N–H and O–H groups in total. The van der Waals surface area contributed by atoms with Gasteiger partial charge in [-0.15, -0.1) is 0 Å². The molecule has 0 aromatic heterocycles. The molecule has 0 spiro atoms. The highest BCUT2D eigenvalue weighted by molar-refractivity contribution is 5.77. The zero-order valence-corrected chi connectivity index (χ0v) is 11.3. The SMILES string of the molecule is CC(C)CC(CN)CC(=O)NC1(C)CCOC1. The Kier molecular flexibility index (Phi) is 5.40. The number of ether oxygens (including phenoxy) is 1. The Hall–Kier alpha value is -0.610. The fraction of sp³-hybridized carbons (Fsp3) is 0.923. The average molecular weight is 242 g/mol. The highest BCUT2D eigenvalue weighted by atomic mass is 16.5. The Labute approximate surface area is 104 Å². The molecular weight excluding hydrogens is 216 g/mol. The van der Waals surface area contributed by atoms with Crippen molar-refractivity contribution < 1.29 is 9.53 Å². The van der Waals surface area contributed by atoms with E-state index in [-0.39, 0.29) is 11.4 Å². The van der Waals surface area contributed by atoms with Gasteiger partial charge in [0, 0.05) is 13.0 Å². The van der Waals surface area contributed by atoms with Gasteiger partial charge >= 0.3 is 0 Å². The summed E-state index contributed by atoms with van der Waals surface area (Å²) >= 11 is 0. The highest BCUT2D eigenvalue weighted by Gasteiger charge is 2.31. The molecule has 0 saturated carbocycles. The Morgan fingerprint density at radius 3 is 2.71 bits per heavy atom. The smallest absolute Gasteiger partial charge is 0.220 e. The van der Waals surface area contributed by atoms with Crippen LogP contribution in [-0.4, -0.2) is 31.2 Å². The lowest BCUT2D eigenvalue weighted by atomic mass is 9.93. The minimum atomic E-state index is -0.173. The van der Waals surface area contributed by atoms with E-state index >= 15 is 0 Å². The van der Waals surface area contributed by atoms with Crippen molar-refractivity contribution in [3.05, 3.63) is 0 Å². The molecule has 2 unspecified atom stereocenters. The molecule has 100 valence electrons. The van der Waals surface area contributed by atoms with Crippen molar-refractivity contribution in [2.75, 3.05) is 19.8 Å². The van der Waals surface area contributed by atoms with Gasteiger partial charge in [-0.05, 0) is 38.1 Å². The van der Waals surface area contributed by atoms with E-state index < -0.39 is 0 Å². The normalized spacial score (nSPS) is 26.2. The van der Waals surface area contributed by atoms with Crippen molar-refractivity contribution in [1.29, 1.82) is 0 Å². The first-order chi connectivity index (χ1) is 7.95. The van der Waals surface area contributed by atoms with Gasteiger partial charge in [0.2, 0.25) is 5.91 Å². The predicted octanol–water partition coefficient (Wildman–Crippen LogP) is 1.29. The summed E-state index contributed by atoms with van der Waals surface area (Å²) in [5, 5.41) is 3.07. The zero-order valence-electron chi connectivity index (χ0n) is 11.3. The average Bonchev–Trinajstić information content (AvgIpc) is 2.62. The van der Waals surface area contributed by atoms with Crippen LogP contribution in [0.15, 0.2) is 0 Å². The minimum absolute atomic E-state index is 0.106. The molecule has 17 heavy (non-hydrogen) atoms. The van der Waals surface area contributed by atoms with Gasteiger partial charge in [-0.1, -0.05) is 13.8 Å². The maximum absolute atomic E-state index is 11.9. The molecule has 0 aromatic carbocycles. The second kappa shape index (κ2) is 6.36. The van der Waals surface area contributed by atoms with E-state index in [1.807, 2.05) is 6.92 Å². The number of carbonyl (C=O) groups excluding carboxylic acids is 1. The number of nitrogens with one attached hydrogen (secondary N) is 1. The molecule has 4 nitrogen and oxygen atoms in total. The maximum atomic E-state index is 11.9. The predicted molar refractivity (Wildman–Crippen MR) is 68.6 cm³/mol. The molecule has 1 amide bonds. The number of carbonyl (C=O) groups is 1. The highest BCUT2D eigenvalue weighted by Crippen LogP contribution is 2.19. The monoisotopic (exact) mass is 242 g/mol. The Bertz CT molecular complexity index is 248. The van der Waals surface area contributed by atoms with Gasteiger partial charge in [0.1, 0.15) is 0 Å². The van der Waals surface area contributed by atoms with Crippen molar-refractivity contribution >= 4 is 5.91 Å². The van der Waals surface area contributed by atoms with Crippen LogP contribution in [0.1, 0.15) is 40.0 Å². The second-order valence-corrected chi connectivity index (χ2v) is 5.85. The lowest BCUT2D eigenvalue weighted by Crippen LogP contribution is -2.47. The van der Waals surface area contributed by atoms with Crippen LogP contribution >= 0.6 is 0 Å². The van der Waals surface area contributed by atoms with Crippen LogP contribution in [-0.2, 0) is 9.53 Å². The topological polar surface area (TPSA) is 64.4 Å². The summed E-state index contributed by atoms with van der Waals surface area (Å²) < 4.78 is 5.32. The van der Waals surface area contributed by atoms with Gasteiger partial charge in [0.15, 0.2) is 0 Å². The fourth-order valence-corrected chi connectivity index (χ4v) is 2.34. The first-order valence-electron chi connectivity index (χ1n) is 6.54. The van der Waals surface area contributed by atoms with Crippen LogP contribution in [0.3, 0.4) is 0 Å². The van der Waals surface area contributed by atoms with Crippen molar-refractivity contribution in [2.24, 2.45) is 17.6 Å². The van der Waals surface area contributed by atoms with E-state index in [1.54, 1.807) is 0 Å². The first-order valence-corrected chi connectivity index (χ1v) is 6.54. The lowest BCUT2D eigenvalue weighted by molar-refractivity contribution is -0.123. The molecule has 0 aromatic rings. The summed E-state index contributed by atoms with van der Waals surface area (Å²) in [6.07, 6.45) is 2.44. The summed E-state index contributed by atoms with van der Waals surface area (Å²) in [5.41, 5.74) is 5.53. The van der Waals surface area contributed by atoms with Crippen LogP contribution in [0.5, 0.6) is 0 Å². The van der Waals surface area contributed by atoms with Crippen molar-refractivity contribution in [3.8, 4) is 0 Å². The van der Waals surface area contributed by atoms with Gasteiger partial charge in [-0.3, -0.25) is 4.79 Å². The largest absolute Gasteiger partial charge is 0.379 e. The second-order valence-electron chi connectivity index (χ2n) is 5.85. The molecule has 1 heterocycles. The first kappa shape index (κ1) is 14.5. The Balaban J connectivity index is 2.36. The van der Waals surface area contributed by atoms with Crippen LogP contribution in [0, 0.1) is 11.8 Å². The molecule has 2 atom stereocenters. The quantitative estimate of drug-likeness (QED) is 0.737. The Morgan fingerprint density at radius 2 is 2.24 bits per heavy atom. The molecule has 1 fully saturated rings. The standard InChI is InChI=1S/C13H26N2O2/c1-10(2)6-11(8-14)7-12(16)15-13(3)4-5-17-9-13/h10-11H,4-9,14H2,1-3H3,(H,15,16). The van der Waals surface area contributed by atoms with Crippen LogP contribution in [0.4, 0.5) is 0 Å². The summed E-state index contributed by atoms with van der Waals surface area (Å²) in [6.45, 7) is 8.30. The maximum Gasteiger partial charge on any atom is 0.220 e. The van der Waals surface area contributed by atoms with E-state index in [0.29, 0.717) is 31.4 Å². The van der Waals surface area contributed by atoms with Gasteiger partial charge < -0.3 is 15.8 Å². The molecule has 1 saturated heterocycles. The van der Waals surface area contributed by atoms with Gasteiger partial charge in [-0.25, -0.2) is 0 Å². The number of nitrogens with two attached hydrogens (primary N) is 1. The van der Waals surface area contributed by atoms with Crippen LogP contribution in [0.25, 0.3) is 0 Å². The fourth-order valence-electron chi connectivity index (χ4n) is 2.34. The van der Waals surface area contributed by atoms with E-state index in [1.165, 1.54) is 0 Å². The van der Waals surface area contributed by atoms with Crippen LogP contribution < -0.4 is 11.1 Å². The van der Waals surface area contributed by atoms with Gasteiger partial charge in [-0.2, -0.15) is 0 Å². The molecule has 1 rings (SSSR count). The lowest BCUT2D eigenvalue weighted by Gasteiger charge is -2.25. The number of hydrogen-bond acceptors (Lipinski definition) is 3. The summed E-state index contributed by atoms with van der Waals surface area (Å²) in [5.74, 6) is 0.983. The number of hydrogen-bond donors (Lipinski definition) is 2. The molecular formula is C13H26N2O2. The van der Waals surface area contributed by atoms with Crippen molar-refractivity contribution in [1.82, 2.24) is 5.32 Å². The van der Waals surface area contributed by atoms with E-state index in [9.17, 15) is 4.79 Å². The van der Waals surface area contributed by atoms with E-state index in [2.05, 4.69) is 19.2 Å². The van der Waals surface area contributed by atoms with Gasteiger partial charge in [0.25, 0.3) is 0 Å². The molecule has 0 aliphatic carbocycles. The van der Waals surface area contributed by atoms with Gasteiger partial charge in [0.05, 0.1) is 12.1 Å². The number of amides is 1. The van der Waals surface area contributed by atoms with Crippen molar-refractivity contribution in [2.45, 2.75) is 45.6 Å². The summed E-state index contributed by atoms with van der Waals surface area (Å²) in [4.78, 5) is 11.9. The summed E-state index contributed by atoms with van der Waals surface area (Å²) in [6, 6.07) is 0. The third kappa shape index (κ3) is 5.04. The van der Waals surface area contributed by atoms with E-state index in [0.717, 1.165) is 19.4 Å². The van der Waals surface area contributed by atoms with Crippen LogP contribution in [0.2, 0.25) is 0 Å². The molecule has 0 bridgehead atoms. The Morgan fingerprint density at radius 1 is 1.53 bits per heavy atom. The van der Waals surface area contributed by atoms with Crippen molar-refractivity contribution in [3.63, 3.8) is 0 Å². The molecule has 4 heteroatoms. The molecule has 0 radical (unpaired) electrons.